The van der Waals surface area contributed by atoms with Crippen LogP contribution in [0.5, 0.6) is 0 Å². The number of nitriles is 1. The molecule has 1 aliphatic rings. The molecule has 0 radical (unpaired) electrons. The second-order valence-corrected chi connectivity index (χ2v) is 11.1. The Balaban J connectivity index is 1.39. The maximum absolute atomic E-state index is 14.2. The fourth-order valence-electron chi connectivity index (χ4n) is 6.04. The standard InChI is InChI=1S/C33H39N5O4/c1-2-6-31-30(19-23-10-12-24(13-11-23)29-9-4-3-7-25(29)20-34)32(41)37(33-35-22-36-38(31)33)26-14-16-28(17-15-26)42-21-27(40)8-5-18-39/h3-4,7,9-13,22,26-28,39-40H,2,5-6,8,14-19,21H2,1H3. The number of fused-ring (bicyclic) bond motifs is 1. The van der Waals surface area contributed by atoms with Crippen molar-refractivity contribution in [2.45, 2.75) is 83.0 Å². The van der Waals surface area contributed by atoms with E-state index in [0.717, 1.165) is 66.5 Å². The van der Waals surface area contributed by atoms with E-state index in [-0.39, 0.29) is 30.9 Å². The van der Waals surface area contributed by atoms with Gasteiger partial charge in [-0.25, -0.2) is 4.52 Å². The van der Waals surface area contributed by atoms with E-state index in [2.05, 4.69) is 23.1 Å². The van der Waals surface area contributed by atoms with Crippen LogP contribution in [0.3, 0.4) is 0 Å². The van der Waals surface area contributed by atoms with E-state index in [1.54, 1.807) is 0 Å². The van der Waals surface area contributed by atoms with Gasteiger partial charge in [0.05, 0.1) is 36.1 Å². The molecular weight excluding hydrogens is 530 g/mol. The molecule has 4 aromatic rings. The Morgan fingerprint density at radius 1 is 1.12 bits per heavy atom. The number of aryl methyl sites for hydroxylation is 1. The van der Waals surface area contributed by atoms with Gasteiger partial charge in [0.1, 0.15) is 6.33 Å². The fraction of sp³-hybridized carbons (Fsp3) is 0.455. The smallest absolute Gasteiger partial charge is 0.259 e. The molecule has 1 saturated carbocycles. The van der Waals surface area contributed by atoms with Crippen molar-refractivity contribution in [3.63, 3.8) is 0 Å². The van der Waals surface area contributed by atoms with E-state index >= 15 is 0 Å². The normalized spacial score (nSPS) is 17.8. The predicted molar refractivity (Wildman–Crippen MR) is 160 cm³/mol. The molecule has 2 N–H and O–H groups in total. The molecule has 1 fully saturated rings. The van der Waals surface area contributed by atoms with Gasteiger partial charge in [-0.2, -0.15) is 15.3 Å². The highest BCUT2D eigenvalue weighted by molar-refractivity contribution is 5.70. The van der Waals surface area contributed by atoms with Crippen LogP contribution in [-0.2, 0) is 17.6 Å². The van der Waals surface area contributed by atoms with Crippen molar-refractivity contribution >= 4 is 5.78 Å². The first-order valence-corrected chi connectivity index (χ1v) is 15.0. The Labute approximate surface area is 246 Å². The van der Waals surface area contributed by atoms with Gasteiger partial charge in [-0.3, -0.25) is 9.36 Å². The summed E-state index contributed by atoms with van der Waals surface area (Å²) in [4.78, 5) is 18.7. The van der Waals surface area contributed by atoms with Crippen molar-refractivity contribution in [3.05, 3.63) is 87.6 Å². The molecule has 5 rings (SSSR count). The van der Waals surface area contributed by atoms with Crippen LogP contribution < -0.4 is 5.56 Å². The minimum absolute atomic E-state index is 0.0114. The molecule has 0 saturated heterocycles. The van der Waals surface area contributed by atoms with Crippen LogP contribution in [0.1, 0.15) is 80.3 Å². The maximum atomic E-state index is 14.2. The van der Waals surface area contributed by atoms with Gasteiger partial charge in [-0.15, -0.1) is 0 Å². The Bertz CT molecular complexity index is 1580. The largest absolute Gasteiger partial charge is 0.396 e. The Kier molecular flexibility index (Phi) is 9.80. The minimum atomic E-state index is -0.572. The lowest BCUT2D eigenvalue weighted by molar-refractivity contribution is -0.0319. The second-order valence-electron chi connectivity index (χ2n) is 11.1. The molecular formula is C33H39N5O4. The summed E-state index contributed by atoms with van der Waals surface area (Å²) < 4.78 is 9.65. The van der Waals surface area contributed by atoms with E-state index in [1.807, 2.05) is 57.6 Å². The number of hydrogen-bond donors (Lipinski definition) is 2. The van der Waals surface area contributed by atoms with Crippen LogP contribution in [0.25, 0.3) is 16.9 Å². The lowest BCUT2D eigenvalue weighted by Crippen LogP contribution is -2.35. The van der Waals surface area contributed by atoms with Crippen molar-refractivity contribution in [2.75, 3.05) is 13.2 Å². The van der Waals surface area contributed by atoms with Gasteiger partial charge < -0.3 is 14.9 Å². The van der Waals surface area contributed by atoms with Gasteiger partial charge in [0.15, 0.2) is 0 Å². The number of aromatic nitrogens is 4. The summed E-state index contributed by atoms with van der Waals surface area (Å²) in [5.74, 6) is 0.583. The molecule has 9 heteroatoms. The van der Waals surface area contributed by atoms with E-state index in [9.17, 15) is 15.2 Å². The van der Waals surface area contributed by atoms with Gasteiger partial charge >= 0.3 is 0 Å². The minimum Gasteiger partial charge on any atom is -0.396 e. The molecule has 9 nitrogen and oxygen atoms in total. The second kappa shape index (κ2) is 13.9. The average molecular weight is 570 g/mol. The van der Waals surface area contributed by atoms with Crippen molar-refractivity contribution in [2.24, 2.45) is 0 Å². The zero-order valence-corrected chi connectivity index (χ0v) is 24.2. The third kappa shape index (κ3) is 6.46. The molecule has 2 aromatic carbocycles. The van der Waals surface area contributed by atoms with Gasteiger partial charge in [0.2, 0.25) is 5.78 Å². The topological polar surface area (TPSA) is 126 Å². The summed E-state index contributed by atoms with van der Waals surface area (Å²) >= 11 is 0. The molecule has 2 heterocycles. The summed E-state index contributed by atoms with van der Waals surface area (Å²) in [7, 11) is 0. The van der Waals surface area contributed by atoms with Crippen LogP contribution in [-0.4, -0.2) is 54.8 Å². The first-order valence-electron chi connectivity index (χ1n) is 15.0. The van der Waals surface area contributed by atoms with E-state index in [1.165, 1.54) is 6.33 Å². The summed E-state index contributed by atoms with van der Waals surface area (Å²) in [5.41, 5.74) is 5.14. The number of hydrogen-bond acceptors (Lipinski definition) is 7. The quantitative estimate of drug-likeness (QED) is 0.255. The predicted octanol–water partition coefficient (Wildman–Crippen LogP) is 4.61. The Morgan fingerprint density at radius 2 is 1.88 bits per heavy atom. The number of ether oxygens (including phenoxy) is 1. The number of rotatable bonds is 12. The molecule has 2 aromatic heterocycles. The van der Waals surface area contributed by atoms with Crippen LogP contribution in [0.4, 0.5) is 0 Å². The zero-order valence-electron chi connectivity index (χ0n) is 24.2. The molecule has 1 unspecified atom stereocenters. The van der Waals surface area contributed by atoms with Gasteiger partial charge in [0, 0.05) is 24.6 Å². The highest BCUT2D eigenvalue weighted by Gasteiger charge is 2.28. The summed E-state index contributed by atoms with van der Waals surface area (Å²) in [6.45, 7) is 2.43. The molecule has 42 heavy (non-hydrogen) atoms. The lowest BCUT2D eigenvalue weighted by Gasteiger charge is -2.31. The number of aliphatic hydroxyl groups excluding tert-OH is 2. The summed E-state index contributed by atoms with van der Waals surface area (Å²) in [6, 6.07) is 17.9. The van der Waals surface area contributed by atoms with E-state index in [0.29, 0.717) is 30.6 Å². The third-order valence-electron chi connectivity index (χ3n) is 8.24. The fourth-order valence-corrected chi connectivity index (χ4v) is 6.04. The van der Waals surface area contributed by atoms with Gasteiger partial charge in [0.25, 0.3) is 5.56 Å². The van der Waals surface area contributed by atoms with Crippen LogP contribution in [0.15, 0.2) is 59.7 Å². The molecule has 0 spiro atoms. The molecule has 0 bridgehead atoms. The van der Waals surface area contributed by atoms with Gasteiger partial charge in [-0.1, -0.05) is 55.8 Å². The van der Waals surface area contributed by atoms with Crippen molar-refractivity contribution in [1.29, 1.82) is 5.26 Å². The first-order chi connectivity index (χ1) is 20.5. The SMILES string of the molecule is CCCc1c(Cc2ccc(-c3ccccc3C#N)cc2)c(=O)n(C2CCC(OCC(O)CCCO)CC2)c2ncnn12. The third-order valence-corrected chi connectivity index (χ3v) is 8.24. The molecule has 0 amide bonds. The van der Waals surface area contributed by atoms with Crippen molar-refractivity contribution in [1.82, 2.24) is 19.2 Å². The van der Waals surface area contributed by atoms with Crippen molar-refractivity contribution < 1.29 is 14.9 Å². The van der Waals surface area contributed by atoms with Gasteiger partial charge in [-0.05, 0) is 67.7 Å². The zero-order chi connectivity index (χ0) is 29.5. The summed E-state index contributed by atoms with van der Waals surface area (Å²) in [6.07, 6.45) is 7.29. The number of benzene rings is 2. The monoisotopic (exact) mass is 569 g/mol. The number of aliphatic hydroxyl groups is 2. The van der Waals surface area contributed by atoms with Crippen LogP contribution in [0, 0.1) is 11.3 Å². The van der Waals surface area contributed by atoms with E-state index < -0.39 is 6.10 Å². The average Bonchev–Trinajstić information content (AvgIpc) is 3.51. The Hall–Kier alpha value is -3.84. The molecule has 220 valence electrons. The maximum Gasteiger partial charge on any atom is 0.259 e. The highest BCUT2D eigenvalue weighted by atomic mass is 16.5. The Morgan fingerprint density at radius 3 is 2.60 bits per heavy atom. The van der Waals surface area contributed by atoms with Crippen LogP contribution >= 0.6 is 0 Å². The molecule has 0 aliphatic heterocycles. The molecule has 1 atom stereocenters. The molecule has 1 aliphatic carbocycles. The van der Waals surface area contributed by atoms with Crippen LogP contribution in [0.2, 0.25) is 0 Å². The number of nitrogens with zero attached hydrogens (tertiary/aromatic N) is 5. The van der Waals surface area contributed by atoms with E-state index in [4.69, 9.17) is 9.84 Å². The summed E-state index contributed by atoms with van der Waals surface area (Å²) in [5, 5.41) is 33.1. The first kappa shape index (κ1) is 29.6. The highest BCUT2D eigenvalue weighted by Crippen LogP contribution is 2.31. The van der Waals surface area contributed by atoms with Crippen molar-refractivity contribution in [3.8, 4) is 17.2 Å². The lowest BCUT2D eigenvalue weighted by atomic mass is 9.92.